The number of hydrogen-bond acceptors (Lipinski definition) is 4. The number of nitro benzene ring substituents is 1. The van der Waals surface area contributed by atoms with Crippen molar-refractivity contribution in [3.05, 3.63) is 86.1 Å². The molecule has 0 unspecified atom stereocenters. The van der Waals surface area contributed by atoms with E-state index >= 15 is 0 Å². The second-order valence-electron chi connectivity index (χ2n) is 5.30. The molecule has 0 aliphatic carbocycles. The van der Waals surface area contributed by atoms with Gasteiger partial charge in [-0.05, 0) is 42.0 Å². The summed E-state index contributed by atoms with van der Waals surface area (Å²) >= 11 is 12.1. The molecule has 0 radical (unpaired) electrons. The van der Waals surface area contributed by atoms with Gasteiger partial charge in [0.25, 0.3) is 5.69 Å². The molecule has 1 heterocycles. The van der Waals surface area contributed by atoms with Crippen LogP contribution in [0.1, 0.15) is 11.3 Å². The Kier molecular flexibility index (Phi) is 5.08. The van der Waals surface area contributed by atoms with Gasteiger partial charge in [-0.1, -0.05) is 35.3 Å². The first-order valence-corrected chi connectivity index (χ1v) is 8.15. The molecule has 0 bridgehead atoms. The lowest BCUT2D eigenvalue weighted by Gasteiger charge is -2.01. The number of rotatable bonds is 4. The molecule has 0 N–H and O–H groups in total. The van der Waals surface area contributed by atoms with E-state index in [9.17, 15) is 15.4 Å². The molecule has 0 aliphatic heterocycles. The lowest BCUT2D eigenvalue weighted by molar-refractivity contribution is -0.384. The Bertz CT molecular complexity index is 1060. The summed E-state index contributed by atoms with van der Waals surface area (Å²) in [5, 5.41) is 21.3. The first kappa shape index (κ1) is 17.7. The maximum absolute atomic E-state index is 10.9. The molecule has 0 aliphatic rings. The van der Waals surface area contributed by atoms with Crippen molar-refractivity contribution in [1.82, 2.24) is 0 Å². The van der Waals surface area contributed by atoms with Gasteiger partial charge >= 0.3 is 0 Å². The minimum Gasteiger partial charge on any atom is -0.457 e. The zero-order valence-electron chi connectivity index (χ0n) is 13.1. The fraction of sp³-hybridized carbons (Fsp3) is 0. The smallest absolute Gasteiger partial charge is 0.270 e. The average Bonchev–Trinajstić information content (AvgIpc) is 3.08. The van der Waals surface area contributed by atoms with Crippen molar-refractivity contribution < 1.29 is 9.34 Å². The summed E-state index contributed by atoms with van der Waals surface area (Å²) in [7, 11) is 0. The van der Waals surface area contributed by atoms with Crippen LogP contribution in [0, 0.1) is 21.4 Å². The minimum absolute atomic E-state index is 0.0864. The van der Waals surface area contributed by atoms with Crippen molar-refractivity contribution >= 4 is 40.5 Å². The fourth-order valence-electron chi connectivity index (χ4n) is 2.37. The van der Waals surface area contributed by atoms with E-state index in [0.717, 1.165) is 0 Å². The van der Waals surface area contributed by atoms with E-state index in [2.05, 4.69) is 0 Å². The zero-order chi connectivity index (χ0) is 18.7. The van der Waals surface area contributed by atoms with Crippen molar-refractivity contribution in [2.75, 3.05) is 0 Å². The summed E-state index contributed by atoms with van der Waals surface area (Å²) in [5.41, 5.74) is 1.27. The number of halogens is 2. The van der Waals surface area contributed by atoms with Crippen molar-refractivity contribution in [3.8, 4) is 17.4 Å². The highest BCUT2D eigenvalue weighted by atomic mass is 35.5. The van der Waals surface area contributed by atoms with Crippen LogP contribution in [0.25, 0.3) is 23.0 Å². The highest BCUT2D eigenvalue weighted by Crippen LogP contribution is 2.32. The summed E-state index contributed by atoms with van der Waals surface area (Å²) in [6.07, 6.45) is 1.52. The number of furan rings is 1. The van der Waals surface area contributed by atoms with Gasteiger partial charge in [-0.2, -0.15) is 5.26 Å². The van der Waals surface area contributed by atoms with Gasteiger partial charge in [0, 0.05) is 22.7 Å². The van der Waals surface area contributed by atoms with Gasteiger partial charge in [-0.3, -0.25) is 10.1 Å². The van der Waals surface area contributed by atoms with E-state index < -0.39 is 4.92 Å². The lowest BCUT2D eigenvalue weighted by Crippen LogP contribution is -1.89. The van der Waals surface area contributed by atoms with E-state index in [0.29, 0.717) is 32.7 Å². The normalized spacial score (nSPS) is 11.2. The first-order valence-electron chi connectivity index (χ1n) is 7.40. The molecule has 0 fully saturated rings. The quantitative estimate of drug-likeness (QED) is 0.303. The van der Waals surface area contributed by atoms with Crippen LogP contribution in [-0.2, 0) is 0 Å². The van der Waals surface area contributed by atoms with Gasteiger partial charge in [-0.15, -0.1) is 0 Å². The maximum Gasteiger partial charge on any atom is 0.270 e. The molecule has 128 valence electrons. The summed E-state index contributed by atoms with van der Waals surface area (Å²) in [6.45, 7) is 0. The van der Waals surface area contributed by atoms with E-state index in [4.69, 9.17) is 27.6 Å². The van der Waals surface area contributed by atoms with Crippen LogP contribution in [-0.4, -0.2) is 4.92 Å². The fourth-order valence-corrected chi connectivity index (χ4v) is 2.88. The molecular weight excluding hydrogens is 375 g/mol. The number of non-ortho nitro benzene ring substituents is 1. The summed E-state index contributed by atoms with van der Waals surface area (Å²) in [6, 6.07) is 16.4. The van der Waals surface area contributed by atoms with Crippen molar-refractivity contribution in [2.24, 2.45) is 0 Å². The molecule has 26 heavy (non-hydrogen) atoms. The standard InChI is InChI=1S/C19H10Cl2N2O3/c20-14-4-6-17(18(21)10-14)19-7-5-16(26-19)9-13(11-22)12-2-1-3-15(8-12)23(24)25/h1-10H/b13-9+. The molecule has 2 aromatic carbocycles. The Balaban J connectivity index is 1.96. The van der Waals surface area contributed by atoms with E-state index in [1.165, 1.54) is 24.3 Å². The Morgan fingerprint density at radius 1 is 1.15 bits per heavy atom. The Morgan fingerprint density at radius 2 is 1.96 bits per heavy atom. The number of nitriles is 1. The number of nitro groups is 1. The van der Waals surface area contributed by atoms with E-state index in [1.54, 1.807) is 36.4 Å². The number of nitrogens with zero attached hydrogens (tertiary/aromatic N) is 2. The molecule has 0 spiro atoms. The van der Waals surface area contributed by atoms with Gasteiger partial charge < -0.3 is 4.42 Å². The highest BCUT2D eigenvalue weighted by molar-refractivity contribution is 6.36. The molecule has 7 heteroatoms. The van der Waals surface area contributed by atoms with E-state index in [1.807, 2.05) is 6.07 Å². The van der Waals surface area contributed by atoms with Crippen LogP contribution >= 0.6 is 23.2 Å². The van der Waals surface area contributed by atoms with Crippen molar-refractivity contribution in [2.45, 2.75) is 0 Å². The largest absolute Gasteiger partial charge is 0.457 e. The minimum atomic E-state index is -0.508. The molecule has 1 aromatic heterocycles. The van der Waals surface area contributed by atoms with Gasteiger partial charge in [0.2, 0.25) is 0 Å². The third-order valence-corrected chi connectivity index (χ3v) is 4.15. The van der Waals surface area contributed by atoms with Gasteiger partial charge in [0.05, 0.1) is 21.6 Å². The van der Waals surface area contributed by atoms with Gasteiger partial charge in [-0.25, -0.2) is 0 Å². The Morgan fingerprint density at radius 3 is 2.65 bits per heavy atom. The summed E-state index contributed by atoms with van der Waals surface area (Å²) < 4.78 is 5.73. The first-order chi connectivity index (χ1) is 12.5. The topological polar surface area (TPSA) is 80.1 Å². The molecule has 3 rings (SSSR count). The third kappa shape index (κ3) is 3.77. The van der Waals surface area contributed by atoms with Crippen LogP contribution in [0.3, 0.4) is 0 Å². The predicted molar refractivity (Wildman–Crippen MR) is 101 cm³/mol. The molecule has 0 saturated carbocycles. The van der Waals surface area contributed by atoms with Gasteiger partial charge in [0.1, 0.15) is 11.5 Å². The third-order valence-electron chi connectivity index (χ3n) is 3.60. The SMILES string of the molecule is N#C/C(=C\c1ccc(-c2ccc(Cl)cc2Cl)o1)c1cccc([N+](=O)[O-])c1. The summed E-state index contributed by atoms with van der Waals surface area (Å²) in [5.74, 6) is 0.948. The maximum atomic E-state index is 10.9. The van der Waals surface area contributed by atoms with Crippen LogP contribution in [0.5, 0.6) is 0 Å². The Labute approximate surface area is 158 Å². The highest BCUT2D eigenvalue weighted by Gasteiger charge is 2.11. The number of hydrogen-bond donors (Lipinski definition) is 0. The van der Waals surface area contributed by atoms with Gasteiger partial charge in [0.15, 0.2) is 0 Å². The van der Waals surface area contributed by atoms with Crippen molar-refractivity contribution in [1.29, 1.82) is 5.26 Å². The summed E-state index contributed by atoms with van der Waals surface area (Å²) in [4.78, 5) is 10.4. The van der Waals surface area contributed by atoms with Crippen LogP contribution in [0.4, 0.5) is 5.69 Å². The molecular formula is C19H10Cl2N2O3. The molecule has 0 atom stereocenters. The molecule has 0 saturated heterocycles. The van der Waals surface area contributed by atoms with Crippen LogP contribution < -0.4 is 0 Å². The molecule has 3 aromatic rings. The second-order valence-corrected chi connectivity index (χ2v) is 6.15. The van der Waals surface area contributed by atoms with Crippen LogP contribution in [0.2, 0.25) is 10.0 Å². The number of allylic oxidation sites excluding steroid dienone is 1. The van der Waals surface area contributed by atoms with Crippen molar-refractivity contribution in [3.63, 3.8) is 0 Å². The van der Waals surface area contributed by atoms with E-state index in [-0.39, 0.29) is 11.3 Å². The molecule has 0 amide bonds. The molecule has 5 nitrogen and oxygen atoms in total. The monoisotopic (exact) mass is 384 g/mol. The number of benzene rings is 2. The average molecular weight is 385 g/mol. The lowest BCUT2D eigenvalue weighted by atomic mass is 10.1. The second kappa shape index (κ2) is 7.44. The van der Waals surface area contributed by atoms with Crippen LogP contribution in [0.15, 0.2) is 59.0 Å². The Hall–Kier alpha value is -3.07. The zero-order valence-corrected chi connectivity index (χ0v) is 14.7. The predicted octanol–water partition coefficient (Wildman–Crippen LogP) is 6.23.